The van der Waals surface area contributed by atoms with Gasteiger partial charge < -0.3 is 26.6 Å². The van der Waals surface area contributed by atoms with Crippen molar-refractivity contribution in [1.82, 2.24) is 26.6 Å². The van der Waals surface area contributed by atoms with Gasteiger partial charge in [0.25, 0.3) is 0 Å². The SMILES string of the molecule is C1CC[C@H]2NCCN[C@@H]3CCCC[C@H]3NCCNCCN[C@@H]2C1.[Cl][Mn][Cl]. The average molecular weight is 449 g/mol. The van der Waals surface area contributed by atoms with E-state index in [9.17, 15) is 0 Å². The average Bonchev–Trinajstić information content (AvgIpc) is 2.67. The van der Waals surface area contributed by atoms with Crippen LogP contribution in [0.1, 0.15) is 51.4 Å². The Labute approximate surface area is 174 Å². The first-order chi connectivity index (χ1) is 12.8. The van der Waals surface area contributed by atoms with Crippen LogP contribution < -0.4 is 26.6 Å². The van der Waals surface area contributed by atoms with Crippen LogP contribution in [0.25, 0.3) is 0 Å². The molecule has 8 heteroatoms. The molecule has 0 aromatic carbocycles. The molecule has 0 spiro atoms. The van der Waals surface area contributed by atoms with Gasteiger partial charge in [0.15, 0.2) is 0 Å². The van der Waals surface area contributed by atoms with Crippen molar-refractivity contribution in [2.24, 2.45) is 0 Å². The Morgan fingerprint density at radius 2 is 0.769 bits per heavy atom. The summed E-state index contributed by atoms with van der Waals surface area (Å²) in [6.07, 6.45) is 10.9. The summed E-state index contributed by atoms with van der Waals surface area (Å²) >= 11 is 0.00694. The topological polar surface area (TPSA) is 60.1 Å². The fraction of sp³-hybridized carbons (Fsp3) is 1.00. The van der Waals surface area contributed by atoms with Gasteiger partial charge in [-0.15, -0.1) is 0 Å². The quantitative estimate of drug-likeness (QED) is 0.366. The predicted molar refractivity (Wildman–Crippen MR) is 109 cm³/mol. The number of halogens is 2. The van der Waals surface area contributed by atoms with E-state index in [1.165, 1.54) is 51.4 Å². The van der Waals surface area contributed by atoms with Gasteiger partial charge in [0.2, 0.25) is 0 Å². The summed E-state index contributed by atoms with van der Waals surface area (Å²) in [7, 11) is 9.59. The molecule has 5 N–H and O–H groups in total. The zero-order valence-electron chi connectivity index (χ0n) is 15.8. The molecule has 0 amide bonds. The van der Waals surface area contributed by atoms with Crippen LogP contribution in [-0.4, -0.2) is 63.4 Å². The van der Waals surface area contributed by atoms with Gasteiger partial charge in [-0.1, -0.05) is 25.7 Å². The summed E-state index contributed by atoms with van der Waals surface area (Å²) in [5, 5.41) is 18.8. The number of nitrogens with one attached hydrogen (secondary N) is 5. The van der Waals surface area contributed by atoms with E-state index in [1.54, 1.807) is 0 Å². The van der Waals surface area contributed by atoms with Crippen LogP contribution in [0.5, 0.6) is 0 Å². The summed E-state index contributed by atoms with van der Waals surface area (Å²) < 4.78 is 0. The fourth-order valence-electron chi connectivity index (χ4n) is 4.57. The van der Waals surface area contributed by atoms with Crippen LogP contribution in [0.15, 0.2) is 0 Å². The number of fused-ring (bicyclic) bond motifs is 2. The van der Waals surface area contributed by atoms with Gasteiger partial charge in [0, 0.05) is 63.4 Å². The summed E-state index contributed by atoms with van der Waals surface area (Å²) in [6, 6.07) is 2.65. The summed E-state index contributed by atoms with van der Waals surface area (Å²) in [5.74, 6) is 0. The van der Waals surface area contributed by atoms with E-state index >= 15 is 0 Å². The standard InChI is InChI=1S/C18H37N5.2ClH.Mn/c1-3-7-17-15(5-1)20-11-9-19-10-12-21-16-6-2-4-8-18(16)23-14-13-22-17;;;/h15-23H,1-14H2;2*1H;/q;;;+2/p-2/t15-,16-,17-,18-;;;/m1.../s1. The normalized spacial score (nSPS) is 34.8. The van der Waals surface area contributed by atoms with Crippen molar-refractivity contribution < 1.29 is 13.1 Å². The second kappa shape index (κ2) is 14.8. The molecule has 0 radical (unpaired) electrons. The van der Waals surface area contributed by atoms with Crippen molar-refractivity contribution >= 4 is 20.2 Å². The van der Waals surface area contributed by atoms with Crippen LogP contribution in [-0.2, 0) is 13.1 Å². The molecule has 2 aliphatic carbocycles. The van der Waals surface area contributed by atoms with Gasteiger partial charge in [-0.2, -0.15) is 0 Å². The van der Waals surface area contributed by atoms with Crippen LogP contribution in [0.2, 0.25) is 0 Å². The molecule has 0 aromatic heterocycles. The molecule has 0 unspecified atom stereocenters. The molecule has 3 rings (SSSR count). The van der Waals surface area contributed by atoms with E-state index in [4.69, 9.17) is 20.2 Å². The molecule has 1 saturated heterocycles. The van der Waals surface area contributed by atoms with Crippen LogP contribution in [0.3, 0.4) is 0 Å². The molecule has 0 bridgehead atoms. The molecular formula is C18H37Cl2MnN5. The minimum absolute atomic E-state index is 0.00694. The molecule has 1 aliphatic heterocycles. The molecule has 155 valence electrons. The van der Waals surface area contributed by atoms with Gasteiger partial charge in [-0.25, -0.2) is 0 Å². The Hall–Kier alpha value is 0.899. The zero-order chi connectivity index (χ0) is 18.5. The van der Waals surface area contributed by atoms with E-state index in [0.717, 1.165) is 39.3 Å². The Balaban J connectivity index is 0.000000758. The van der Waals surface area contributed by atoms with Gasteiger partial charge in [0.05, 0.1) is 0 Å². The second-order valence-electron chi connectivity index (χ2n) is 7.62. The van der Waals surface area contributed by atoms with E-state index in [1.807, 2.05) is 0 Å². The Morgan fingerprint density at radius 3 is 1.08 bits per heavy atom. The van der Waals surface area contributed by atoms with Crippen molar-refractivity contribution in [1.29, 1.82) is 0 Å². The minimum atomic E-state index is 0.00694. The van der Waals surface area contributed by atoms with Crippen LogP contribution >= 0.6 is 20.2 Å². The second-order valence-corrected chi connectivity index (χ2v) is 9.57. The Bertz CT molecular complexity index is 324. The first kappa shape index (κ1) is 23.2. The third-order valence-electron chi connectivity index (χ3n) is 5.89. The Morgan fingerprint density at radius 1 is 0.500 bits per heavy atom. The Kier molecular flexibility index (Phi) is 13.2. The number of rotatable bonds is 0. The van der Waals surface area contributed by atoms with Crippen LogP contribution in [0, 0.1) is 0 Å². The first-order valence-corrected chi connectivity index (χ1v) is 13.6. The molecular weight excluding hydrogens is 412 g/mol. The molecule has 4 atom stereocenters. The molecule has 3 aliphatic rings. The van der Waals surface area contributed by atoms with Crippen molar-refractivity contribution in [2.75, 3.05) is 39.3 Å². The zero-order valence-corrected chi connectivity index (χ0v) is 18.5. The van der Waals surface area contributed by atoms with Gasteiger partial charge in [-0.05, 0) is 25.7 Å². The summed E-state index contributed by atoms with van der Waals surface area (Å²) in [6.45, 7) is 6.55. The molecule has 2 saturated carbocycles. The third-order valence-corrected chi connectivity index (χ3v) is 5.89. The van der Waals surface area contributed by atoms with Gasteiger partial charge in [-0.3, -0.25) is 0 Å². The van der Waals surface area contributed by atoms with E-state index in [-0.39, 0.29) is 13.1 Å². The molecule has 26 heavy (non-hydrogen) atoms. The van der Waals surface area contributed by atoms with Gasteiger partial charge >= 0.3 is 33.3 Å². The van der Waals surface area contributed by atoms with E-state index < -0.39 is 0 Å². The number of hydrogen-bond acceptors (Lipinski definition) is 5. The maximum absolute atomic E-state index is 4.80. The summed E-state index contributed by atoms with van der Waals surface area (Å²) in [4.78, 5) is 0. The van der Waals surface area contributed by atoms with Gasteiger partial charge in [0.1, 0.15) is 0 Å². The van der Waals surface area contributed by atoms with E-state index in [0.29, 0.717) is 24.2 Å². The van der Waals surface area contributed by atoms with Crippen LogP contribution in [0.4, 0.5) is 0 Å². The number of hydrogen-bond donors (Lipinski definition) is 5. The molecule has 5 nitrogen and oxygen atoms in total. The molecule has 0 aromatic rings. The predicted octanol–water partition coefficient (Wildman–Crippen LogP) is 1.95. The van der Waals surface area contributed by atoms with Crippen molar-refractivity contribution in [3.05, 3.63) is 0 Å². The monoisotopic (exact) mass is 448 g/mol. The molecule has 3 fully saturated rings. The summed E-state index contributed by atoms with van der Waals surface area (Å²) in [5.41, 5.74) is 0. The maximum atomic E-state index is 4.80. The fourth-order valence-corrected chi connectivity index (χ4v) is 4.57. The first-order valence-electron chi connectivity index (χ1n) is 10.4. The van der Waals surface area contributed by atoms with E-state index in [2.05, 4.69) is 26.6 Å². The third kappa shape index (κ3) is 8.93. The van der Waals surface area contributed by atoms with Crippen molar-refractivity contribution in [2.45, 2.75) is 75.5 Å². The van der Waals surface area contributed by atoms with Crippen molar-refractivity contribution in [3.63, 3.8) is 0 Å². The van der Waals surface area contributed by atoms with Crippen molar-refractivity contribution in [3.8, 4) is 0 Å². The molecule has 1 heterocycles.